The lowest BCUT2D eigenvalue weighted by atomic mass is 10.1. The predicted molar refractivity (Wildman–Crippen MR) is 133 cm³/mol. The van der Waals surface area contributed by atoms with Crippen LogP contribution in [0, 0.1) is 13.8 Å². The summed E-state index contributed by atoms with van der Waals surface area (Å²) in [5, 5.41) is 7.56. The van der Waals surface area contributed by atoms with E-state index in [4.69, 9.17) is 25.8 Å². The van der Waals surface area contributed by atoms with Crippen LogP contribution in [-0.4, -0.2) is 40.8 Å². The predicted octanol–water partition coefficient (Wildman–Crippen LogP) is 5.25. The maximum atomic E-state index is 12.9. The standard InChI is InChI=1S/C24H26ClN3O6S/c1-5-11-33-23(30)19-15(4)20(24(31)32-6-2)35-22(19)26-21(29)17-9-10-28(27-17)13-34-18-12-14(3)7-8-16(18)25/h7-10,12H,5-6,11,13H2,1-4H3,(H,26,29). The highest BCUT2D eigenvalue weighted by Gasteiger charge is 2.28. The molecule has 0 spiro atoms. The minimum atomic E-state index is -0.625. The summed E-state index contributed by atoms with van der Waals surface area (Å²) < 4.78 is 17.5. The number of carbonyl (C=O) groups is 3. The van der Waals surface area contributed by atoms with Gasteiger partial charge in [-0.3, -0.25) is 4.79 Å². The molecule has 0 atom stereocenters. The van der Waals surface area contributed by atoms with Crippen LogP contribution >= 0.6 is 22.9 Å². The summed E-state index contributed by atoms with van der Waals surface area (Å²) >= 11 is 7.10. The molecule has 3 rings (SSSR count). The van der Waals surface area contributed by atoms with Crippen molar-refractivity contribution in [2.24, 2.45) is 0 Å². The van der Waals surface area contributed by atoms with Gasteiger partial charge in [0.1, 0.15) is 15.6 Å². The fourth-order valence-corrected chi connectivity index (χ4v) is 4.34. The van der Waals surface area contributed by atoms with Crippen molar-refractivity contribution in [1.82, 2.24) is 9.78 Å². The van der Waals surface area contributed by atoms with E-state index in [9.17, 15) is 14.4 Å². The van der Waals surface area contributed by atoms with E-state index in [-0.39, 0.29) is 41.1 Å². The molecule has 0 fully saturated rings. The maximum absolute atomic E-state index is 12.9. The summed E-state index contributed by atoms with van der Waals surface area (Å²) in [5.74, 6) is -1.25. The van der Waals surface area contributed by atoms with Crippen LogP contribution in [0.3, 0.4) is 0 Å². The zero-order valence-electron chi connectivity index (χ0n) is 19.8. The fourth-order valence-electron chi connectivity index (χ4n) is 3.08. The number of ether oxygens (including phenoxy) is 3. The van der Waals surface area contributed by atoms with Crippen molar-refractivity contribution >= 4 is 45.8 Å². The number of hydrogen-bond acceptors (Lipinski definition) is 8. The second-order valence-electron chi connectivity index (χ2n) is 7.52. The third-order valence-corrected chi connectivity index (χ3v) is 6.29. The number of rotatable bonds is 10. The van der Waals surface area contributed by atoms with Gasteiger partial charge >= 0.3 is 11.9 Å². The Morgan fingerprint density at radius 2 is 1.89 bits per heavy atom. The largest absolute Gasteiger partial charge is 0.470 e. The van der Waals surface area contributed by atoms with Gasteiger partial charge in [0, 0.05) is 6.20 Å². The van der Waals surface area contributed by atoms with Crippen LogP contribution in [-0.2, 0) is 16.2 Å². The fraction of sp³-hybridized carbons (Fsp3) is 0.333. The van der Waals surface area contributed by atoms with Crippen molar-refractivity contribution in [3.8, 4) is 5.75 Å². The summed E-state index contributed by atoms with van der Waals surface area (Å²) in [6.45, 7) is 7.53. The highest BCUT2D eigenvalue weighted by molar-refractivity contribution is 7.18. The Morgan fingerprint density at radius 3 is 2.60 bits per heavy atom. The van der Waals surface area contributed by atoms with Crippen LogP contribution < -0.4 is 10.1 Å². The van der Waals surface area contributed by atoms with Crippen molar-refractivity contribution in [2.75, 3.05) is 18.5 Å². The zero-order chi connectivity index (χ0) is 25.5. The second-order valence-corrected chi connectivity index (χ2v) is 8.95. The molecule has 2 aromatic heterocycles. The van der Waals surface area contributed by atoms with E-state index < -0.39 is 17.8 Å². The topological polar surface area (TPSA) is 109 Å². The lowest BCUT2D eigenvalue weighted by Crippen LogP contribution is -2.16. The number of esters is 2. The number of benzene rings is 1. The molecule has 0 bridgehead atoms. The highest BCUT2D eigenvalue weighted by Crippen LogP contribution is 2.34. The summed E-state index contributed by atoms with van der Waals surface area (Å²) in [6.07, 6.45) is 2.22. The molecule has 0 saturated heterocycles. The molecule has 35 heavy (non-hydrogen) atoms. The first-order chi connectivity index (χ1) is 16.7. The molecule has 3 aromatic rings. The minimum absolute atomic E-state index is 0.0379. The number of halogens is 1. The van der Waals surface area contributed by atoms with Gasteiger partial charge in [0.05, 0.1) is 23.8 Å². The van der Waals surface area contributed by atoms with Crippen LogP contribution in [0.4, 0.5) is 5.00 Å². The second kappa shape index (κ2) is 11.9. The SMILES string of the molecule is CCCOC(=O)c1c(NC(=O)c2ccn(COc3cc(C)ccc3Cl)n2)sc(C(=O)OCC)c1C. The Morgan fingerprint density at radius 1 is 1.11 bits per heavy atom. The molecule has 0 saturated carbocycles. The summed E-state index contributed by atoms with van der Waals surface area (Å²) in [6, 6.07) is 6.93. The molecule has 0 aliphatic rings. The van der Waals surface area contributed by atoms with E-state index in [1.807, 2.05) is 19.9 Å². The van der Waals surface area contributed by atoms with Crippen LogP contribution in [0.5, 0.6) is 5.75 Å². The number of hydrogen-bond donors (Lipinski definition) is 1. The molecule has 1 amide bonds. The summed E-state index contributed by atoms with van der Waals surface area (Å²) in [4.78, 5) is 38.1. The molecule has 0 unspecified atom stereocenters. The number of nitrogens with one attached hydrogen (secondary N) is 1. The van der Waals surface area contributed by atoms with E-state index in [1.54, 1.807) is 32.2 Å². The van der Waals surface area contributed by atoms with Gasteiger partial charge in [-0.25, -0.2) is 14.3 Å². The summed E-state index contributed by atoms with van der Waals surface area (Å²) in [7, 11) is 0. The quantitative estimate of drug-likeness (QED) is 0.364. The Kier molecular flexibility index (Phi) is 8.89. The van der Waals surface area contributed by atoms with Crippen molar-refractivity contribution in [3.63, 3.8) is 0 Å². The van der Waals surface area contributed by atoms with Crippen LogP contribution in [0.2, 0.25) is 5.02 Å². The van der Waals surface area contributed by atoms with Crippen molar-refractivity contribution in [2.45, 2.75) is 40.8 Å². The Labute approximate surface area is 211 Å². The number of nitrogens with zero attached hydrogens (tertiary/aromatic N) is 2. The van der Waals surface area contributed by atoms with E-state index in [0.717, 1.165) is 16.9 Å². The molecule has 0 aliphatic carbocycles. The number of aryl methyl sites for hydroxylation is 1. The third kappa shape index (κ3) is 6.40. The van der Waals surface area contributed by atoms with Gasteiger partial charge < -0.3 is 19.5 Å². The minimum Gasteiger partial charge on any atom is -0.470 e. The van der Waals surface area contributed by atoms with E-state index in [1.165, 1.54) is 10.7 Å². The number of amides is 1. The number of carbonyl (C=O) groups excluding carboxylic acids is 3. The molecule has 11 heteroatoms. The van der Waals surface area contributed by atoms with Gasteiger partial charge in [-0.2, -0.15) is 5.10 Å². The van der Waals surface area contributed by atoms with Crippen molar-refractivity contribution < 1.29 is 28.6 Å². The van der Waals surface area contributed by atoms with Crippen molar-refractivity contribution in [3.05, 3.63) is 62.7 Å². The highest BCUT2D eigenvalue weighted by atomic mass is 35.5. The first-order valence-electron chi connectivity index (χ1n) is 11.0. The third-order valence-electron chi connectivity index (χ3n) is 4.79. The molecule has 2 heterocycles. The van der Waals surface area contributed by atoms with Crippen LogP contribution in [0.15, 0.2) is 30.5 Å². The molecule has 1 aromatic carbocycles. The number of anilines is 1. The molecule has 0 aliphatic heterocycles. The van der Waals surface area contributed by atoms with E-state index in [0.29, 0.717) is 22.8 Å². The van der Waals surface area contributed by atoms with Gasteiger partial charge in [0.15, 0.2) is 12.4 Å². The normalized spacial score (nSPS) is 10.7. The van der Waals surface area contributed by atoms with Gasteiger partial charge in [-0.15, -0.1) is 11.3 Å². The monoisotopic (exact) mass is 519 g/mol. The molecular formula is C24H26ClN3O6S. The van der Waals surface area contributed by atoms with Gasteiger partial charge in [0.2, 0.25) is 0 Å². The average molecular weight is 520 g/mol. The summed E-state index contributed by atoms with van der Waals surface area (Å²) in [5.41, 5.74) is 1.60. The smallest absolute Gasteiger partial charge is 0.348 e. The zero-order valence-corrected chi connectivity index (χ0v) is 21.4. The number of aromatic nitrogens is 2. The maximum Gasteiger partial charge on any atom is 0.348 e. The lowest BCUT2D eigenvalue weighted by Gasteiger charge is -2.09. The van der Waals surface area contributed by atoms with Gasteiger partial charge in [-0.1, -0.05) is 24.6 Å². The molecule has 0 radical (unpaired) electrons. The Hall–Kier alpha value is -3.37. The number of thiophene rings is 1. The molecule has 186 valence electrons. The van der Waals surface area contributed by atoms with Crippen LogP contribution in [0.25, 0.3) is 0 Å². The van der Waals surface area contributed by atoms with Crippen LogP contribution in [0.1, 0.15) is 61.9 Å². The average Bonchev–Trinajstić information content (AvgIpc) is 3.43. The van der Waals surface area contributed by atoms with E-state index in [2.05, 4.69) is 10.4 Å². The van der Waals surface area contributed by atoms with Gasteiger partial charge in [-0.05, 0) is 56.5 Å². The first kappa shape index (κ1) is 26.2. The van der Waals surface area contributed by atoms with E-state index >= 15 is 0 Å². The molecular weight excluding hydrogens is 494 g/mol. The van der Waals surface area contributed by atoms with Gasteiger partial charge in [0.25, 0.3) is 5.91 Å². The first-order valence-corrected chi connectivity index (χ1v) is 12.2. The molecule has 1 N–H and O–H groups in total. The Bertz CT molecular complexity index is 1240. The Balaban J connectivity index is 1.78. The molecule has 9 nitrogen and oxygen atoms in total. The lowest BCUT2D eigenvalue weighted by molar-refractivity contribution is 0.0506. The van der Waals surface area contributed by atoms with Crippen molar-refractivity contribution in [1.29, 1.82) is 0 Å².